The molecule has 0 spiro atoms. The summed E-state index contributed by atoms with van der Waals surface area (Å²) in [6.45, 7) is 6.32. The van der Waals surface area contributed by atoms with Crippen LogP contribution in [0.3, 0.4) is 0 Å². The lowest BCUT2D eigenvalue weighted by Gasteiger charge is -2.35. The normalized spacial score (nSPS) is 18.6. The van der Waals surface area contributed by atoms with Crippen LogP contribution in [-0.4, -0.2) is 157 Å². The molecule has 0 saturated carbocycles. The van der Waals surface area contributed by atoms with E-state index in [2.05, 4.69) is 27.2 Å². The largest absolute Gasteiger partial charge is 0.491 e. The highest BCUT2D eigenvalue weighted by atomic mass is 35.5. The average molecular weight is 921 g/mol. The number of likely N-dealkylation sites (N-methyl/N-ethyl adjacent to an activating group) is 1. The number of anilines is 2. The van der Waals surface area contributed by atoms with E-state index in [4.69, 9.17) is 25.8 Å². The van der Waals surface area contributed by atoms with Crippen LogP contribution >= 0.6 is 11.6 Å². The number of nitrogens with zero attached hydrogens (tertiary/aromatic N) is 6. The minimum Gasteiger partial charge on any atom is -0.491 e. The molecule has 2 saturated heterocycles. The van der Waals surface area contributed by atoms with Crippen LogP contribution in [-0.2, 0) is 28.7 Å². The molecule has 7 rings (SSSR count). The van der Waals surface area contributed by atoms with Gasteiger partial charge in [0.05, 0.1) is 48.7 Å². The molecule has 2 fully saturated rings. The summed E-state index contributed by atoms with van der Waals surface area (Å²) in [5.74, 6) is -3.92. The summed E-state index contributed by atoms with van der Waals surface area (Å²) in [5, 5.41) is 15.9. The molecular formula is C44H47ClF2N8O10. The number of allylic oxidation sites excluding steroid dienone is 2. The van der Waals surface area contributed by atoms with Crippen molar-refractivity contribution in [2.45, 2.75) is 37.8 Å². The van der Waals surface area contributed by atoms with Crippen molar-refractivity contribution in [1.82, 2.24) is 30.0 Å². The van der Waals surface area contributed by atoms with E-state index in [1.165, 1.54) is 35.3 Å². The van der Waals surface area contributed by atoms with Gasteiger partial charge < -0.3 is 39.3 Å². The summed E-state index contributed by atoms with van der Waals surface area (Å²) < 4.78 is 48.3. The lowest BCUT2D eigenvalue weighted by Crippen LogP contribution is -2.54. The van der Waals surface area contributed by atoms with Gasteiger partial charge in [-0.15, -0.1) is 0 Å². The van der Waals surface area contributed by atoms with E-state index in [1.54, 1.807) is 18.0 Å². The molecule has 3 N–H and O–H groups in total. The first-order chi connectivity index (χ1) is 31.3. The third-order valence-corrected chi connectivity index (χ3v) is 11.6. The standard InChI is InChI=1S/C44H47ClF2N8O10/c1-3-34(58)53-13-15-54(16-14-53)40-28-24-29(45)36(37-30(46)5-4-6-32(37)56)38(47)39(28)50-44(51-40)48-12-11-35(59)52(2)17-18-63-19-20-64-21-22-65-25-7-8-26-27(23-25)43(62)55(42(26)61)31-9-10-33(57)49-41(31)60/h3-5,7-8,23-24,31-32,56H,1,6,9-22H2,2H3,(H,48,50,51)(H,49,57,60). The highest BCUT2D eigenvalue weighted by Gasteiger charge is 2.44. The number of hydrogen-bond donors (Lipinski definition) is 3. The van der Waals surface area contributed by atoms with Gasteiger partial charge in [-0.1, -0.05) is 24.3 Å². The van der Waals surface area contributed by atoms with Gasteiger partial charge in [-0.05, 0) is 49.3 Å². The molecule has 3 aromatic rings. The average Bonchev–Trinajstić information content (AvgIpc) is 3.53. The van der Waals surface area contributed by atoms with Crippen LogP contribution in [0.1, 0.15) is 52.0 Å². The Balaban J connectivity index is 0.859. The Hall–Kier alpha value is -6.35. The number of aromatic nitrogens is 2. The number of piperidine rings is 1. The maximum absolute atomic E-state index is 16.5. The molecule has 21 heteroatoms. The zero-order valence-corrected chi connectivity index (χ0v) is 36.2. The number of fused-ring (bicyclic) bond motifs is 2. The lowest BCUT2D eigenvalue weighted by molar-refractivity contribution is -0.136. The van der Waals surface area contributed by atoms with Crippen LogP contribution in [0.25, 0.3) is 16.5 Å². The number of halogens is 3. The Morgan fingerprint density at radius 2 is 1.74 bits per heavy atom. The van der Waals surface area contributed by atoms with Crippen LogP contribution in [0.15, 0.2) is 54.9 Å². The number of amides is 6. The molecule has 4 heterocycles. The Morgan fingerprint density at radius 3 is 2.46 bits per heavy atom. The fourth-order valence-electron chi connectivity index (χ4n) is 7.85. The molecule has 2 aromatic carbocycles. The Morgan fingerprint density at radius 1 is 1.02 bits per heavy atom. The molecule has 65 heavy (non-hydrogen) atoms. The monoisotopic (exact) mass is 920 g/mol. The molecule has 0 bridgehead atoms. The second-order valence-electron chi connectivity index (χ2n) is 15.5. The summed E-state index contributed by atoms with van der Waals surface area (Å²) >= 11 is 6.58. The summed E-state index contributed by atoms with van der Waals surface area (Å²) in [4.78, 5) is 89.9. The second kappa shape index (κ2) is 20.7. The summed E-state index contributed by atoms with van der Waals surface area (Å²) in [5.41, 5.74) is -0.503. The van der Waals surface area contributed by atoms with E-state index in [1.807, 2.05) is 4.90 Å². The van der Waals surface area contributed by atoms with Crippen LogP contribution < -0.4 is 20.3 Å². The molecule has 2 unspecified atom stereocenters. The first-order valence-electron chi connectivity index (χ1n) is 21.0. The number of carbonyl (C=O) groups is 6. The smallest absolute Gasteiger partial charge is 0.262 e. The van der Waals surface area contributed by atoms with Crippen LogP contribution in [0.4, 0.5) is 20.5 Å². The summed E-state index contributed by atoms with van der Waals surface area (Å²) in [7, 11) is 1.62. The number of carbonyl (C=O) groups excluding carboxylic acids is 6. The number of imide groups is 2. The number of hydrogen-bond acceptors (Lipinski definition) is 14. The van der Waals surface area contributed by atoms with E-state index < -0.39 is 47.4 Å². The summed E-state index contributed by atoms with van der Waals surface area (Å²) in [6.07, 6.45) is 2.68. The van der Waals surface area contributed by atoms with Crippen molar-refractivity contribution in [3.63, 3.8) is 0 Å². The first kappa shape index (κ1) is 46.6. The molecule has 3 aliphatic heterocycles. The van der Waals surface area contributed by atoms with Crippen molar-refractivity contribution in [2.75, 3.05) is 89.6 Å². The van der Waals surface area contributed by atoms with Gasteiger partial charge in [-0.25, -0.2) is 13.8 Å². The van der Waals surface area contributed by atoms with Crippen LogP contribution in [0, 0.1) is 5.82 Å². The van der Waals surface area contributed by atoms with Gasteiger partial charge in [0.25, 0.3) is 11.8 Å². The number of benzene rings is 2. The molecule has 6 amide bonds. The highest BCUT2D eigenvalue weighted by molar-refractivity contribution is 6.33. The maximum Gasteiger partial charge on any atom is 0.262 e. The fourth-order valence-corrected chi connectivity index (χ4v) is 8.14. The minimum atomic E-state index is -1.33. The number of aliphatic hydroxyl groups is 1. The Bertz CT molecular complexity index is 2480. The predicted octanol–water partition coefficient (Wildman–Crippen LogP) is 3.03. The van der Waals surface area contributed by atoms with Gasteiger partial charge in [-0.2, -0.15) is 4.98 Å². The zero-order chi connectivity index (χ0) is 46.4. The van der Waals surface area contributed by atoms with E-state index >= 15 is 4.39 Å². The summed E-state index contributed by atoms with van der Waals surface area (Å²) in [6, 6.07) is 4.82. The molecule has 4 aliphatic rings. The van der Waals surface area contributed by atoms with Crippen molar-refractivity contribution in [3.05, 3.63) is 82.4 Å². The lowest BCUT2D eigenvalue weighted by atomic mass is 9.92. The minimum absolute atomic E-state index is 0.00392. The first-order valence-corrected chi connectivity index (χ1v) is 21.4. The van der Waals surface area contributed by atoms with Crippen molar-refractivity contribution in [3.8, 4) is 5.75 Å². The number of rotatable bonds is 18. The maximum atomic E-state index is 16.5. The molecule has 344 valence electrons. The third kappa shape index (κ3) is 10.3. The third-order valence-electron chi connectivity index (χ3n) is 11.3. The molecular weight excluding hydrogens is 874 g/mol. The van der Waals surface area contributed by atoms with Gasteiger partial charge in [0.15, 0.2) is 5.82 Å². The molecule has 2 atom stereocenters. The van der Waals surface area contributed by atoms with Crippen LogP contribution in [0.2, 0.25) is 5.02 Å². The molecule has 1 aliphatic carbocycles. The quantitative estimate of drug-likeness (QED) is 0.0952. The Kier molecular flexibility index (Phi) is 14.8. The number of ether oxygens (including phenoxy) is 3. The Labute approximate surface area is 376 Å². The van der Waals surface area contributed by atoms with Gasteiger partial charge in [0, 0.05) is 75.7 Å². The zero-order valence-electron chi connectivity index (χ0n) is 35.4. The van der Waals surface area contributed by atoms with E-state index in [0.717, 1.165) is 11.0 Å². The van der Waals surface area contributed by atoms with Crippen molar-refractivity contribution in [1.29, 1.82) is 0 Å². The fraction of sp³-hybridized carbons (Fsp3) is 0.409. The molecule has 18 nitrogen and oxygen atoms in total. The van der Waals surface area contributed by atoms with Gasteiger partial charge in [0.2, 0.25) is 29.6 Å². The SMILES string of the molecule is C=CC(=O)N1CCN(c2nc(NCCC(=O)N(C)CCOCCOCCOc3ccc4c(c3)C(=O)N(C3CCC(=O)NC3=O)C4=O)nc3c(F)c(C4=C(F)C=CCC4O)c(Cl)cc23)CC1. The van der Waals surface area contributed by atoms with Crippen molar-refractivity contribution >= 4 is 75.3 Å². The van der Waals surface area contributed by atoms with E-state index in [-0.39, 0.29) is 128 Å². The van der Waals surface area contributed by atoms with Crippen LogP contribution in [0.5, 0.6) is 5.75 Å². The molecule has 0 radical (unpaired) electrons. The van der Waals surface area contributed by atoms with Crippen molar-refractivity contribution < 1.29 is 56.9 Å². The molecule has 1 aromatic heterocycles. The second-order valence-corrected chi connectivity index (χ2v) is 15.9. The van der Waals surface area contributed by atoms with Crippen molar-refractivity contribution in [2.24, 2.45) is 0 Å². The van der Waals surface area contributed by atoms with Gasteiger partial charge in [-0.3, -0.25) is 39.0 Å². The topological polar surface area (TPSA) is 213 Å². The number of nitrogens with one attached hydrogen (secondary N) is 2. The highest BCUT2D eigenvalue weighted by Crippen LogP contribution is 2.41. The van der Waals surface area contributed by atoms with E-state index in [0.29, 0.717) is 37.7 Å². The van der Waals surface area contributed by atoms with Gasteiger partial charge >= 0.3 is 0 Å². The predicted molar refractivity (Wildman–Crippen MR) is 232 cm³/mol. The number of aliphatic hydroxyl groups excluding tert-OH is 1. The number of piperazine rings is 1. The van der Waals surface area contributed by atoms with E-state index in [9.17, 15) is 38.3 Å². The van der Waals surface area contributed by atoms with Gasteiger partial charge in [0.1, 0.15) is 35.6 Å².